The summed E-state index contributed by atoms with van der Waals surface area (Å²) >= 11 is 0. The first-order valence-electron chi connectivity index (χ1n) is 4.49. The topological polar surface area (TPSA) is 39.2 Å². The number of allylic oxidation sites excluding steroid dienone is 1. The first-order valence-corrected chi connectivity index (χ1v) is 4.49. The van der Waals surface area contributed by atoms with Crippen LogP contribution >= 0.6 is 0 Å². The Kier molecular flexibility index (Phi) is 3.85. The summed E-state index contributed by atoms with van der Waals surface area (Å²) in [5.74, 6) is -0.311. The molecule has 0 bridgehead atoms. The summed E-state index contributed by atoms with van der Waals surface area (Å²) in [6.45, 7) is 4.04. The number of carbonyl (C=O) groups excluding carboxylic acids is 1. The number of pyridine rings is 1. The monoisotopic (exact) mass is 191 g/mol. The third kappa shape index (κ3) is 3.01. The van der Waals surface area contributed by atoms with Crippen molar-refractivity contribution in [3.63, 3.8) is 0 Å². The van der Waals surface area contributed by atoms with Crippen LogP contribution in [0, 0.1) is 0 Å². The summed E-state index contributed by atoms with van der Waals surface area (Å²) < 4.78 is 4.80. The van der Waals surface area contributed by atoms with Crippen molar-refractivity contribution in [2.75, 3.05) is 6.61 Å². The van der Waals surface area contributed by atoms with Crippen molar-refractivity contribution >= 4 is 11.5 Å². The molecule has 3 heteroatoms. The van der Waals surface area contributed by atoms with Crippen LogP contribution in [-0.4, -0.2) is 17.6 Å². The van der Waals surface area contributed by atoms with E-state index in [9.17, 15) is 4.79 Å². The highest BCUT2D eigenvalue weighted by Crippen LogP contribution is 2.11. The summed E-state index contributed by atoms with van der Waals surface area (Å²) in [4.78, 5) is 15.1. The number of hydrogen-bond donors (Lipinski definition) is 0. The van der Waals surface area contributed by atoms with E-state index in [0.717, 1.165) is 11.1 Å². The molecule has 1 aromatic heterocycles. The van der Waals surface area contributed by atoms with E-state index in [1.165, 1.54) is 6.08 Å². The van der Waals surface area contributed by atoms with Crippen molar-refractivity contribution in [3.8, 4) is 0 Å². The first-order chi connectivity index (χ1) is 6.74. The van der Waals surface area contributed by atoms with Gasteiger partial charge in [0.1, 0.15) is 0 Å². The molecule has 0 amide bonds. The Bertz CT molecular complexity index is 330. The molecule has 0 aromatic carbocycles. The number of hydrogen-bond acceptors (Lipinski definition) is 3. The fourth-order valence-corrected chi connectivity index (χ4v) is 1.04. The summed E-state index contributed by atoms with van der Waals surface area (Å²) in [6, 6.07) is 3.73. The standard InChI is InChI=1S/C11H13NO2/c1-3-14-11(13)7-9(2)10-5-4-6-12-8-10/h4-8H,3H2,1-2H3/b9-7+. The molecule has 0 aliphatic carbocycles. The number of aromatic nitrogens is 1. The quantitative estimate of drug-likeness (QED) is 0.542. The molecule has 74 valence electrons. The van der Waals surface area contributed by atoms with E-state index in [1.807, 2.05) is 19.1 Å². The van der Waals surface area contributed by atoms with Crippen LogP contribution in [-0.2, 0) is 9.53 Å². The molecule has 0 spiro atoms. The second-order valence-electron chi connectivity index (χ2n) is 2.82. The number of ether oxygens (including phenoxy) is 1. The molecule has 0 fully saturated rings. The fourth-order valence-electron chi connectivity index (χ4n) is 1.04. The van der Waals surface area contributed by atoms with Crippen LogP contribution < -0.4 is 0 Å². The van der Waals surface area contributed by atoms with Crippen LogP contribution in [0.1, 0.15) is 19.4 Å². The molecule has 0 unspecified atom stereocenters. The van der Waals surface area contributed by atoms with Gasteiger partial charge in [-0.05, 0) is 31.1 Å². The van der Waals surface area contributed by atoms with Crippen molar-refractivity contribution in [3.05, 3.63) is 36.2 Å². The van der Waals surface area contributed by atoms with Crippen LogP contribution in [0.2, 0.25) is 0 Å². The van der Waals surface area contributed by atoms with E-state index in [2.05, 4.69) is 4.98 Å². The SMILES string of the molecule is CCOC(=O)/C=C(\C)c1cccnc1. The molecule has 0 saturated carbocycles. The third-order valence-corrected chi connectivity index (χ3v) is 1.74. The maximum Gasteiger partial charge on any atom is 0.331 e. The Morgan fingerprint density at radius 3 is 3.00 bits per heavy atom. The third-order valence-electron chi connectivity index (χ3n) is 1.74. The summed E-state index contributed by atoms with van der Waals surface area (Å²) in [5, 5.41) is 0. The van der Waals surface area contributed by atoms with Gasteiger partial charge in [-0.25, -0.2) is 4.79 Å². The maximum absolute atomic E-state index is 11.1. The van der Waals surface area contributed by atoms with E-state index in [-0.39, 0.29) is 5.97 Å². The van der Waals surface area contributed by atoms with Crippen LogP contribution in [0.3, 0.4) is 0 Å². The highest BCUT2D eigenvalue weighted by atomic mass is 16.5. The molecule has 1 heterocycles. The van der Waals surface area contributed by atoms with Crippen LogP contribution in [0.5, 0.6) is 0 Å². The molecule has 0 aliphatic heterocycles. The molecule has 0 saturated heterocycles. The number of carbonyl (C=O) groups is 1. The number of rotatable bonds is 3. The average molecular weight is 191 g/mol. The van der Waals surface area contributed by atoms with Crippen LogP contribution in [0.4, 0.5) is 0 Å². The van der Waals surface area contributed by atoms with E-state index in [1.54, 1.807) is 19.3 Å². The van der Waals surface area contributed by atoms with Gasteiger partial charge in [-0.15, -0.1) is 0 Å². The van der Waals surface area contributed by atoms with Crippen molar-refractivity contribution in [1.29, 1.82) is 0 Å². The lowest BCUT2D eigenvalue weighted by atomic mass is 10.1. The Hall–Kier alpha value is -1.64. The Morgan fingerprint density at radius 2 is 2.43 bits per heavy atom. The maximum atomic E-state index is 11.1. The molecule has 0 atom stereocenters. The van der Waals surface area contributed by atoms with E-state index in [0.29, 0.717) is 6.61 Å². The predicted molar refractivity (Wildman–Crippen MR) is 54.5 cm³/mol. The minimum atomic E-state index is -0.311. The van der Waals surface area contributed by atoms with Crippen molar-refractivity contribution in [1.82, 2.24) is 4.98 Å². The van der Waals surface area contributed by atoms with Gasteiger partial charge in [-0.3, -0.25) is 4.98 Å². The Balaban J connectivity index is 2.75. The molecular weight excluding hydrogens is 178 g/mol. The Morgan fingerprint density at radius 1 is 1.64 bits per heavy atom. The van der Waals surface area contributed by atoms with Gasteiger partial charge in [-0.1, -0.05) is 6.07 Å². The lowest BCUT2D eigenvalue weighted by Gasteiger charge is -2.00. The van der Waals surface area contributed by atoms with Gasteiger partial charge in [0.25, 0.3) is 0 Å². The molecule has 14 heavy (non-hydrogen) atoms. The van der Waals surface area contributed by atoms with Gasteiger partial charge >= 0.3 is 5.97 Å². The molecule has 1 rings (SSSR count). The second-order valence-corrected chi connectivity index (χ2v) is 2.82. The smallest absolute Gasteiger partial charge is 0.331 e. The van der Waals surface area contributed by atoms with E-state index >= 15 is 0 Å². The second kappa shape index (κ2) is 5.17. The molecule has 0 radical (unpaired) electrons. The number of esters is 1. The largest absolute Gasteiger partial charge is 0.463 e. The van der Waals surface area contributed by atoms with Gasteiger partial charge in [0.05, 0.1) is 6.61 Å². The molecule has 0 N–H and O–H groups in total. The predicted octanol–water partition coefficient (Wildman–Crippen LogP) is 2.05. The van der Waals surface area contributed by atoms with Gasteiger partial charge in [0.15, 0.2) is 0 Å². The van der Waals surface area contributed by atoms with Gasteiger partial charge in [0.2, 0.25) is 0 Å². The Labute approximate surface area is 83.4 Å². The van der Waals surface area contributed by atoms with E-state index < -0.39 is 0 Å². The van der Waals surface area contributed by atoms with Crippen molar-refractivity contribution < 1.29 is 9.53 Å². The zero-order chi connectivity index (χ0) is 10.4. The van der Waals surface area contributed by atoms with Crippen molar-refractivity contribution in [2.24, 2.45) is 0 Å². The van der Waals surface area contributed by atoms with Gasteiger partial charge in [0, 0.05) is 18.5 Å². The fraction of sp³-hybridized carbons (Fsp3) is 0.273. The van der Waals surface area contributed by atoms with Crippen LogP contribution in [0.15, 0.2) is 30.6 Å². The highest BCUT2D eigenvalue weighted by Gasteiger charge is 1.99. The normalized spacial score (nSPS) is 11.1. The highest BCUT2D eigenvalue weighted by molar-refractivity contribution is 5.90. The van der Waals surface area contributed by atoms with Crippen LogP contribution in [0.25, 0.3) is 5.57 Å². The lowest BCUT2D eigenvalue weighted by Crippen LogP contribution is -2.00. The molecule has 3 nitrogen and oxygen atoms in total. The molecule has 0 aliphatic rings. The van der Waals surface area contributed by atoms with Crippen molar-refractivity contribution in [2.45, 2.75) is 13.8 Å². The van der Waals surface area contributed by atoms with Gasteiger partial charge < -0.3 is 4.74 Å². The summed E-state index contributed by atoms with van der Waals surface area (Å²) in [6.07, 6.45) is 4.88. The minimum Gasteiger partial charge on any atom is -0.463 e. The zero-order valence-electron chi connectivity index (χ0n) is 8.36. The van der Waals surface area contributed by atoms with E-state index in [4.69, 9.17) is 4.74 Å². The minimum absolute atomic E-state index is 0.311. The molecular formula is C11H13NO2. The molecule has 1 aromatic rings. The lowest BCUT2D eigenvalue weighted by molar-refractivity contribution is -0.137. The summed E-state index contributed by atoms with van der Waals surface area (Å²) in [5.41, 5.74) is 1.79. The van der Waals surface area contributed by atoms with Gasteiger partial charge in [-0.2, -0.15) is 0 Å². The number of nitrogens with zero attached hydrogens (tertiary/aromatic N) is 1. The average Bonchev–Trinajstić information content (AvgIpc) is 2.19. The zero-order valence-corrected chi connectivity index (χ0v) is 8.36. The first kappa shape index (κ1) is 10.4. The summed E-state index contributed by atoms with van der Waals surface area (Å²) in [7, 11) is 0.